The van der Waals surface area contributed by atoms with Crippen LogP contribution in [-0.4, -0.2) is 42.0 Å². The second-order valence-electron chi connectivity index (χ2n) is 4.06. The molecule has 0 saturated carbocycles. The molecule has 19 heavy (non-hydrogen) atoms. The van der Waals surface area contributed by atoms with Crippen LogP contribution in [0.1, 0.15) is 10.4 Å². The molecule has 1 amide bonds. The van der Waals surface area contributed by atoms with Gasteiger partial charge in [0.2, 0.25) is 0 Å². The Bertz CT molecular complexity index is 530. The first-order valence-corrected chi connectivity index (χ1v) is 7.32. The van der Waals surface area contributed by atoms with Crippen LogP contribution >= 0.6 is 23.4 Å². The summed E-state index contributed by atoms with van der Waals surface area (Å²) in [6.45, 7) is 0.567. The number of rotatable bonds is 2. The number of carbonyl (C=O) groups excluding carboxylic acids is 1. The molecule has 1 unspecified atom stereocenters. The number of benzene rings is 1. The molecule has 0 aromatic heterocycles. The van der Waals surface area contributed by atoms with E-state index in [0.29, 0.717) is 28.6 Å². The van der Waals surface area contributed by atoms with E-state index in [1.807, 2.05) is 0 Å². The second kappa shape index (κ2) is 6.18. The van der Waals surface area contributed by atoms with E-state index >= 15 is 0 Å². The molecule has 0 bridgehead atoms. The molecule has 1 heterocycles. The first kappa shape index (κ1) is 14.0. The molecule has 2 rings (SSSR count). The minimum atomic E-state index is -0.394. The zero-order valence-electron chi connectivity index (χ0n) is 10.4. The van der Waals surface area contributed by atoms with Gasteiger partial charge in [-0.2, -0.15) is 17.0 Å². The van der Waals surface area contributed by atoms with Gasteiger partial charge in [-0.05, 0) is 18.2 Å². The Morgan fingerprint density at radius 3 is 3.11 bits per heavy atom. The molecule has 1 fully saturated rings. The number of nitriles is 1. The normalized spacial score (nSPS) is 18.8. The summed E-state index contributed by atoms with van der Waals surface area (Å²) in [6.07, 6.45) is 0. The van der Waals surface area contributed by atoms with Gasteiger partial charge < -0.3 is 9.64 Å². The lowest BCUT2D eigenvalue weighted by Crippen LogP contribution is -2.45. The predicted octanol–water partition coefficient (Wildman–Crippen LogP) is 2.43. The van der Waals surface area contributed by atoms with Crippen molar-refractivity contribution in [3.8, 4) is 11.8 Å². The van der Waals surface area contributed by atoms with E-state index in [0.717, 1.165) is 5.75 Å². The van der Waals surface area contributed by atoms with E-state index in [1.165, 1.54) is 7.11 Å². The SMILES string of the molecule is COc1ccc(Cl)cc1C(=O)N1CCSCC1C#N. The van der Waals surface area contributed by atoms with Crippen molar-refractivity contribution >= 4 is 29.3 Å². The molecule has 0 aliphatic carbocycles. The Labute approximate surface area is 121 Å². The van der Waals surface area contributed by atoms with Gasteiger partial charge in [0.25, 0.3) is 5.91 Å². The van der Waals surface area contributed by atoms with E-state index in [9.17, 15) is 4.79 Å². The van der Waals surface area contributed by atoms with Crippen LogP contribution in [0.4, 0.5) is 0 Å². The van der Waals surface area contributed by atoms with Crippen molar-refractivity contribution in [3.05, 3.63) is 28.8 Å². The van der Waals surface area contributed by atoms with E-state index < -0.39 is 6.04 Å². The van der Waals surface area contributed by atoms with Crippen LogP contribution in [0.25, 0.3) is 0 Å². The van der Waals surface area contributed by atoms with Gasteiger partial charge in [0.05, 0.1) is 18.7 Å². The largest absolute Gasteiger partial charge is 0.496 e. The van der Waals surface area contributed by atoms with Crippen LogP contribution in [0.5, 0.6) is 5.75 Å². The number of hydrogen-bond acceptors (Lipinski definition) is 4. The standard InChI is InChI=1S/C13H13ClN2O2S/c1-18-12-3-2-9(14)6-11(12)13(17)16-4-5-19-8-10(16)7-15/h2-3,6,10H,4-5,8H2,1H3. The maximum Gasteiger partial charge on any atom is 0.258 e. The number of halogens is 1. The summed E-state index contributed by atoms with van der Waals surface area (Å²) in [7, 11) is 1.51. The molecule has 1 aromatic rings. The van der Waals surface area contributed by atoms with Gasteiger partial charge in [0.15, 0.2) is 0 Å². The molecule has 1 atom stereocenters. The molecule has 1 aliphatic heterocycles. The fourth-order valence-corrected chi connectivity index (χ4v) is 3.10. The van der Waals surface area contributed by atoms with Crippen molar-refractivity contribution in [2.45, 2.75) is 6.04 Å². The first-order valence-electron chi connectivity index (χ1n) is 5.79. The lowest BCUT2D eigenvalue weighted by atomic mass is 10.1. The average Bonchev–Trinajstić information content (AvgIpc) is 2.46. The molecule has 0 N–H and O–H groups in total. The Balaban J connectivity index is 2.33. The zero-order chi connectivity index (χ0) is 13.8. The van der Waals surface area contributed by atoms with E-state index in [2.05, 4.69) is 6.07 Å². The van der Waals surface area contributed by atoms with Crippen molar-refractivity contribution in [2.75, 3.05) is 25.2 Å². The molecule has 4 nitrogen and oxygen atoms in total. The van der Waals surface area contributed by atoms with Gasteiger partial charge in [-0.15, -0.1) is 0 Å². The topological polar surface area (TPSA) is 53.3 Å². The number of nitrogens with zero attached hydrogens (tertiary/aromatic N) is 2. The van der Waals surface area contributed by atoms with Gasteiger partial charge in [-0.1, -0.05) is 11.6 Å². The lowest BCUT2D eigenvalue weighted by molar-refractivity contribution is 0.0734. The van der Waals surface area contributed by atoms with Crippen LogP contribution in [0.3, 0.4) is 0 Å². The molecule has 1 aromatic carbocycles. The Morgan fingerprint density at radius 1 is 1.63 bits per heavy atom. The number of ether oxygens (including phenoxy) is 1. The Kier molecular flexibility index (Phi) is 4.56. The summed E-state index contributed by atoms with van der Waals surface area (Å²) < 4.78 is 5.19. The number of methoxy groups -OCH3 is 1. The summed E-state index contributed by atoms with van der Waals surface area (Å²) >= 11 is 7.61. The number of carbonyl (C=O) groups is 1. The fourth-order valence-electron chi connectivity index (χ4n) is 1.96. The molecule has 1 aliphatic rings. The molecule has 0 radical (unpaired) electrons. The maximum atomic E-state index is 12.5. The molecular weight excluding hydrogens is 284 g/mol. The van der Waals surface area contributed by atoms with Crippen LogP contribution in [0.15, 0.2) is 18.2 Å². The van der Waals surface area contributed by atoms with E-state index in [1.54, 1.807) is 34.9 Å². The van der Waals surface area contributed by atoms with Crippen molar-refractivity contribution in [1.29, 1.82) is 5.26 Å². The lowest BCUT2D eigenvalue weighted by Gasteiger charge is -2.31. The van der Waals surface area contributed by atoms with Gasteiger partial charge >= 0.3 is 0 Å². The average molecular weight is 297 g/mol. The Morgan fingerprint density at radius 2 is 2.42 bits per heavy atom. The highest BCUT2D eigenvalue weighted by Gasteiger charge is 2.29. The molecule has 6 heteroatoms. The summed E-state index contributed by atoms with van der Waals surface area (Å²) in [6, 6.07) is 6.69. The summed E-state index contributed by atoms with van der Waals surface area (Å²) in [5, 5.41) is 9.60. The summed E-state index contributed by atoms with van der Waals surface area (Å²) in [5.41, 5.74) is 0.405. The monoisotopic (exact) mass is 296 g/mol. The van der Waals surface area contributed by atoms with Crippen molar-refractivity contribution < 1.29 is 9.53 Å². The van der Waals surface area contributed by atoms with Crippen molar-refractivity contribution in [3.63, 3.8) is 0 Å². The van der Waals surface area contributed by atoms with Crippen molar-refractivity contribution in [2.24, 2.45) is 0 Å². The van der Waals surface area contributed by atoms with Gasteiger partial charge in [0.1, 0.15) is 11.8 Å². The van der Waals surface area contributed by atoms with Gasteiger partial charge in [0, 0.05) is 23.1 Å². The minimum absolute atomic E-state index is 0.203. The molecule has 0 spiro atoms. The van der Waals surface area contributed by atoms with E-state index in [-0.39, 0.29) is 5.91 Å². The molecule has 1 saturated heterocycles. The number of hydrogen-bond donors (Lipinski definition) is 0. The minimum Gasteiger partial charge on any atom is -0.496 e. The predicted molar refractivity (Wildman–Crippen MR) is 75.8 cm³/mol. The zero-order valence-corrected chi connectivity index (χ0v) is 12.0. The smallest absolute Gasteiger partial charge is 0.258 e. The fraction of sp³-hybridized carbons (Fsp3) is 0.385. The van der Waals surface area contributed by atoms with E-state index in [4.69, 9.17) is 21.6 Å². The number of amides is 1. The number of thioether (sulfide) groups is 1. The third-order valence-electron chi connectivity index (χ3n) is 2.93. The first-order chi connectivity index (χ1) is 9.17. The summed E-state index contributed by atoms with van der Waals surface area (Å²) in [5.74, 6) is 1.76. The highest BCUT2D eigenvalue weighted by molar-refractivity contribution is 7.99. The molecule has 100 valence electrons. The van der Waals surface area contributed by atoms with Crippen LogP contribution in [-0.2, 0) is 0 Å². The van der Waals surface area contributed by atoms with Gasteiger partial charge in [-0.25, -0.2) is 0 Å². The van der Waals surface area contributed by atoms with Crippen LogP contribution in [0, 0.1) is 11.3 Å². The van der Waals surface area contributed by atoms with Gasteiger partial charge in [-0.3, -0.25) is 4.79 Å². The quantitative estimate of drug-likeness (QED) is 0.841. The second-order valence-corrected chi connectivity index (χ2v) is 5.65. The maximum absolute atomic E-state index is 12.5. The third-order valence-corrected chi connectivity index (χ3v) is 4.19. The molecular formula is C13H13ClN2O2S. The third kappa shape index (κ3) is 2.96. The Hall–Kier alpha value is -1.38. The highest BCUT2D eigenvalue weighted by Crippen LogP contribution is 2.26. The summed E-state index contributed by atoms with van der Waals surface area (Å²) in [4.78, 5) is 14.1. The van der Waals surface area contributed by atoms with Crippen LogP contribution in [0.2, 0.25) is 5.02 Å². The van der Waals surface area contributed by atoms with Crippen LogP contribution < -0.4 is 4.74 Å². The van der Waals surface area contributed by atoms with Crippen molar-refractivity contribution in [1.82, 2.24) is 4.90 Å². The highest BCUT2D eigenvalue weighted by atomic mass is 35.5.